The number of aliphatic hydroxyl groups is 2. The molecule has 2 rings (SSSR count). The van der Waals surface area contributed by atoms with E-state index in [1.807, 2.05) is 0 Å². The summed E-state index contributed by atoms with van der Waals surface area (Å²) in [5, 5.41) is 21.1. The van der Waals surface area contributed by atoms with Crippen molar-refractivity contribution >= 4 is 35.4 Å². The summed E-state index contributed by atoms with van der Waals surface area (Å²) in [6.07, 6.45) is -1.15. The van der Waals surface area contributed by atoms with Gasteiger partial charge in [0.15, 0.2) is 0 Å². The monoisotopic (exact) mass is 431 g/mol. The van der Waals surface area contributed by atoms with Crippen LogP contribution in [0.1, 0.15) is 26.7 Å². The minimum absolute atomic E-state index is 0.245. The van der Waals surface area contributed by atoms with Gasteiger partial charge in [0.25, 0.3) is 0 Å². The molecule has 29 heavy (non-hydrogen) atoms. The summed E-state index contributed by atoms with van der Waals surface area (Å²) in [5.74, 6) is -1.87. The highest BCUT2D eigenvalue weighted by Crippen LogP contribution is 2.27. The lowest BCUT2D eigenvalue weighted by molar-refractivity contribution is -0.148. The molecular formula is C17H29N5O6S. The van der Waals surface area contributed by atoms with Crippen molar-refractivity contribution in [2.24, 2.45) is 11.5 Å². The summed E-state index contributed by atoms with van der Waals surface area (Å²) >= 11 is 1.35. The second-order valence-corrected chi connectivity index (χ2v) is 8.40. The number of amides is 4. The number of nitrogens with one attached hydrogen (secondary N) is 1. The third-order valence-corrected chi connectivity index (χ3v) is 6.17. The average molecular weight is 432 g/mol. The van der Waals surface area contributed by atoms with Gasteiger partial charge in [0, 0.05) is 12.3 Å². The maximum atomic E-state index is 13.1. The molecule has 0 aromatic rings. The van der Waals surface area contributed by atoms with E-state index in [2.05, 4.69) is 5.32 Å². The van der Waals surface area contributed by atoms with Crippen molar-refractivity contribution in [3.05, 3.63) is 0 Å². The molecule has 6 atom stereocenters. The van der Waals surface area contributed by atoms with Crippen LogP contribution in [-0.4, -0.2) is 98.2 Å². The predicted octanol–water partition coefficient (Wildman–Crippen LogP) is -3.06. The first-order valence-electron chi connectivity index (χ1n) is 9.47. The largest absolute Gasteiger partial charge is 0.391 e. The number of rotatable bonds is 6. The predicted molar refractivity (Wildman–Crippen MR) is 105 cm³/mol. The second-order valence-electron chi connectivity index (χ2n) is 7.40. The van der Waals surface area contributed by atoms with E-state index in [0.29, 0.717) is 25.1 Å². The van der Waals surface area contributed by atoms with Crippen LogP contribution < -0.4 is 16.8 Å². The summed E-state index contributed by atoms with van der Waals surface area (Å²) in [5.41, 5.74) is 11.3. The fraction of sp³-hybridized carbons (Fsp3) is 0.765. The van der Waals surface area contributed by atoms with Crippen LogP contribution in [0.15, 0.2) is 0 Å². The number of imide groups is 1. The molecule has 0 bridgehead atoms. The van der Waals surface area contributed by atoms with Crippen LogP contribution in [0.25, 0.3) is 0 Å². The molecule has 0 radical (unpaired) electrons. The van der Waals surface area contributed by atoms with Gasteiger partial charge in [-0.15, -0.1) is 11.8 Å². The number of nitrogens with two attached hydrogens (primary N) is 2. The fourth-order valence-electron chi connectivity index (χ4n) is 3.26. The van der Waals surface area contributed by atoms with Crippen LogP contribution in [0.5, 0.6) is 0 Å². The highest BCUT2D eigenvalue weighted by atomic mass is 32.2. The van der Waals surface area contributed by atoms with Crippen LogP contribution in [-0.2, 0) is 19.2 Å². The number of carbonyl (C=O) groups excluding carboxylic acids is 4. The average Bonchev–Trinajstić information content (AvgIpc) is 3.34. The summed E-state index contributed by atoms with van der Waals surface area (Å²) in [6.45, 7) is 3.08. The first kappa shape index (κ1) is 23.5. The zero-order chi connectivity index (χ0) is 21.9. The van der Waals surface area contributed by atoms with Gasteiger partial charge in [-0.2, -0.15) is 0 Å². The smallest absolute Gasteiger partial charge is 0.250 e. The molecule has 12 heteroatoms. The maximum Gasteiger partial charge on any atom is 0.250 e. The third-order valence-electron chi connectivity index (χ3n) is 5.16. The molecule has 0 unspecified atom stereocenters. The van der Waals surface area contributed by atoms with Crippen LogP contribution in [0.4, 0.5) is 0 Å². The van der Waals surface area contributed by atoms with Crippen molar-refractivity contribution in [3.8, 4) is 0 Å². The highest BCUT2D eigenvalue weighted by molar-refractivity contribution is 7.99. The number of hydrogen-bond donors (Lipinski definition) is 5. The van der Waals surface area contributed by atoms with E-state index in [-0.39, 0.29) is 5.88 Å². The molecule has 0 spiro atoms. The molecule has 0 aliphatic carbocycles. The van der Waals surface area contributed by atoms with Gasteiger partial charge in [-0.05, 0) is 26.7 Å². The lowest BCUT2D eigenvalue weighted by Gasteiger charge is -2.32. The lowest BCUT2D eigenvalue weighted by Crippen LogP contribution is -2.58. The van der Waals surface area contributed by atoms with Gasteiger partial charge in [0.05, 0.1) is 18.1 Å². The SMILES string of the molecule is C[C@@H](O)[C@H](N)C(=O)NC(=O)[C@@H]1CSCN1C(=O)[C@@H]1CCCN1C(=O)[C@@H](N)[C@@H](C)O. The second kappa shape index (κ2) is 9.85. The van der Waals surface area contributed by atoms with Crippen LogP contribution in [0.2, 0.25) is 0 Å². The Balaban J connectivity index is 2.08. The molecular weight excluding hydrogens is 402 g/mol. The Kier molecular flexibility index (Phi) is 8.00. The van der Waals surface area contributed by atoms with E-state index in [1.54, 1.807) is 0 Å². The number of thioether (sulfide) groups is 1. The van der Waals surface area contributed by atoms with E-state index in [4.69, 9.17) is 11.5 Å². The Bertz CT molecular complexity index is 660. The van der Waals surface area contributed by atoms with Crippen molar-refractivity contribution in [2.75, 3.05) is 18.2 Å². The van der Waals surface area contributed by atoms with Gasteiger partial charge in [0.1, 0.15) is 24.2 Å². The van der Waals surface area contributed by atoms with Crippen molar-refractivity contribution in [2.45, 2.75) is 63.1 Å². The van der Waals surface area contributed by atoms with Crippen molar-refractivity contribution in [3.63, 3.8) is 0 Å². The summed E-state index contributed by atoms with van der Waals surface area (Å²) < 4.78 is 0. The van der Waals surface area contributed by atoms with Gasteiger partial charge in [-0.3, -0.25) is 24.5 Å². The van der Waals surface area contributed by atoms with Crippen LogP contribution in [0.3, 0.4) is 0 Å². The van der Waals surface area contributed by atoms with Crippen molar-refractivity contribution in [1.29, 1.82) is 0 Å². The van der Waals surface area contributed by atoms with E-state index in [1.165, 1.54) is 35.4 Å². The number of carbonyl (C=O) groups is 4. The Morgan fingerprint density at radius 1 is 1.03 bits per heavy atom. The topological polar surface area (TPSA) is 179 Å². The lowest BCUT2D eigenvalue weighted by atomic mass is 10.1. The zero-order valence-corrected chi connectivity index (χ0v) is 17.3. The van der Waals surface area contributed by atoms with E-state index >= 15 is 0 Å². The summed E-state index contributed by atoms with van der Waals surface area (Å²) in [6, 6.07) is -4.05. The van der Waals surface area contributed by atoms with E-state index in [9.17, 15) is 29.4 Å². The molecule has 2 saturated heterocycles. The molecule has 2 fully saturated rings. The van der Waals surface area contributed by atoms with Gasteiger partial charge in [-0.25, -0.2) is 0 Å². The Morgan fingerprint density at radius 3 is 2.24 bits per heavy atom. The molecule has 0 saturated carbocycles. The number of likely N-dealkylation sites (tertiary alicyclic amines) is 1. The molecule has 11 nitrogen and oxygen atoms in total. The minimum Gasteiger partial charge on any atom is -0.391 e. The van der Waals surface area contributed by atoms with Gasteiger partial charge < -0.3 is 31.5 Å². The molecule has 164 valence electrons. The molecule has 0 aromatic carbocycles. The quantitative estimate of drug-likeness (QED) is 0.292. The Hall–Kier alpha value is -1.73. The van der Waals surface area contributed by atoms with Crippen LogP contribution >= 0.6 is 11.8 Å². The normalized spacial score (nSPS) is 26.0. The first-order valence-corrected chi connectivity index (χ1v) is 10.6. The Labute approximate surface area is 173 Å². The Morgan fingerprint density at radius 2 is 1.66 bits per heavy atom. The van der Waals surface area contributed by atoms with Crippen molar-refractivity contribution in [1.82, 2.24) is 15.1 Å². The number of aliphatic hydroxyl groups excluding tert-OH is 2. The highest BCUT2D eigenvalue weighted by Gasteiger charge is 2.44. The molecule has 4 amide bonds. The minimum atomic E-state index is -1.26. The number of nitrogens with zero attached hydrogens (tertiary/aromatic N) is 2. The fourth-order valence-corrected chi connectivity index (χ4v) is 4.42. The molecule has 2 aliphatic rings. The first-order chi connectivity index (χ1) is 13.6. The molecule has 0 aromatic heterocycles. The third kappa shape index (κ3) is 5.25. The number of hydrogen-bond acceptors (Lipinski definition) is 9. The molecule has 2 aliphatic heterocycles. The molecule has 7 N–H and O–H groups in total. The zero-order valence-electron chi connectivity index (χ0n) is 16.5. The van der Waals surface area contributed by atoms with E-state index in [0.717, 1.165) is 0 Å². The maximum absolute atomic E-state index is 13.1. The summed E-state index contributed by atoms with van der Waals surface area (Å²) in [4.78, 5) is 52.8. The standard InChI is InChI=1S/C17H29N5O6S/c1-8(23)12(18)15(26)20-14(25)11-6-29-7-22(11)16(27)10-4-3-5-21(10)17(28)13(19)9(2)24/h8-13,23-24H,3-7,18-19H2,1-2H3,(H,20,25,26)/t8-,9-,10+,11+,12+,13+/m1/s1. The van der Waals surface area contributed by atoms with Gasteiger partial charge in [-0.1, -0.05) is 0 Å². The summed E-state index contributed by atoms with van der Waals surface area (Å²) in [7, 11) is 0. The van der Waals surface area contributed by atoms with Gasteiger partial charge in [0.2, 0.25) is 23.6 Å². The van der Waals surface area contributed by atoms with Crippen molar-refractivity contribution < 1.29 is 29.4 Å². The van der Waals surface area contributed by atoms with E-state index < -0.39 is 60.0 Å². The van der Waals surface area contributed by atoms with Crippen LogP contribution in [0, 0.1) is 0 Å². The molecule has 2 heterocycles. The van der Waals surface area contributed by atoms with Gasteiger partial charge >= 0.3 is 0 Å².